The van der Waals surface area contributed by atoms with Crippen LogP contribution in [0.5, 0.6) is 0 Å². The number of hydrogen-bond donors (Lipinski definition) is 0. The highest BCUT2D eigenvalue weighted by atomic mass is 33.2. The van der Waals surface area contributed by atoms with Crippen molar-refractivity contribution in [2.24, 2.45) is 0 Å². The van der Waals surface area contributed by atoms with E-state index in [2.05, 4.69) is 0 Å². The molecule has 0 heterocycles. The van der Waals surface area contributed by atoms with Crippen LogP contribution in [-0.4, -0.2) is 32.4 Å². The lowest BCUT2D eigenvalue weighted by molar-refractivity contribution is 0.608. The number of rotatable bonds is 2. The van der Waals surface area contributed by atoms with Gasteiger partial charge in [-0.05, 0) is 31.6 Å². The van der Waals surface area contributed by atoms with Crippen molar-refractivity contribution >= 4 is 17.9 Å². The fourth-order valence-electron chi connectivity index (χ4n) is 0.765. The van der Waals surface area contributed by atoms with Crippen LogP contribution in [0.15, 0.2) is 0 Å². The molecule has 0 N–H and O–H groups in total. The van der Waals surface area contributed by atoms with E-state index in [4.69, 9.17) is 0 Å². The molecular formula is C6H14O2S2. The molecule has 0 spiro atoms. The first kappa shape index (κ1) is 8.40. The first-order chi connectivity index (χ1) is 4.36. The van der Waals surface area contributed by atoms with Crippen LogP contribution in [0.25, 0.3) is 0 Å². The summed E-state index contributed by atoms with van der Waals surface area (Å²) in [7, 11) is -4.09. The van der Waals surface area contributed by atoms with Crippen LogP contribution in [0.1, 0.15) is 12.8 Å². The fraction of sp³-hybridized carbons (Fsp3) is 1.00. The predicted molar refractivity (Wildman–Crippen MR) is 47.3 cm³/mol. The zero-order valence-electron chi connectivity index (χ0n) is 6.62. The largest absolute Gasteiger partial charge is 0.219 e. The first-order valence-corrected chi connectivity index (χ1v) is 8.20. The summed E-state index contributed by atoms with van der Waals surface area (Å²) in [6.45, 7) is 0. The van der Waals surface area contributed by atoms with Gasteiger partial charge < -0.3 is 0 Å². The maximum Gasteiger partial charge on any atom is 0.186 e. The molecule has 0 radical (unpaired) electrons. The summed E-state index contributed by atoms with van der Waals surface area (Å²) in [5.74, 6) is 0. The minimum atomic E-state index is -2.72. The molecular weight excluding hydrogens is 168 g/mol. The Bertz CT molecular complexity index is 219. The van der Waals surface area contributed by atoms with E-state index in [1.54, 1.807) is 0 Å². The van der Waals surface area contributed by atoms with Crippen LogP contribution in [0, 0.1) is 0 Å². The molecule has 0 aromatic heterocycles. The minimum absolute atomic E-state index is 0.0162. The summed E-state index contributed by atoms with van der Waals surface area (Å²) >= 11 is 0. The normalized spacial score (nSPS) is 22.7. The smallest absolute Gasteiger partial charge is 0.186 e. The Balaban J connectivity index is 2.88. The van der Waals surface area contributed by atoms with Crippen LogP contribution in [0.3, 0.4) is 0 Å². The molecule has 2 nitrogen and oxygen atoms in total. The van der Waals surface area contributed by atoms with E-state index in [0.29, 0.717) is 0 Å². The fourth-order valence-corrected chi connectivity index (χ4v) is 5.32. The molecule has 0 atom stereocenters. The summed E-state index contributed by atoms with van der Waals surface area (Å²) < 4.78 is 22.9. The van der Waals surface area contributed by atoms with Crippen molar-refractivity contribution in [3.63, 3.8) is 0 Å². The van der Waals surface area contributed by atoms with Gasteiger partial charge in [-0.1, -0.05) is 0 Å². The molecule has 0 aliphatic heterocycles. The van der Waals surface area contributed by atoms with Gasteiger partial charge in [0.25, 0.3) is 0 Å². The molecule has 10 heavy (non-hydrogen) atoms. The Hall–Kier alpha value is 0.300. The van der Waals surface area contributed by atoms with E-state index in [1.807, 2.05) is 18.8 Å². The van der Waals surface area contributed by atoms with E-state index in [1.165, 1.54) is 0 Å². The average molecular weight is 182 g/mol. The van der Waals surface area contributed by atoms with Crippen LogP contribution < -0.4 is 0 Å². The highest BCUT2D eigenvalue weighted by Gasteiger charge is 2.40. The standard InChI is InChI=1S/C6H14O2S2/c1-9(2,3)10(7,8)6-4-5-6/h6H,4-5H2,1-3H3. The average Bonchev–Trinajstić information content (AvgIpc) is 2.38. The third-order valence-electron chi connectivity index (χ3n) is 1.63. The quantitative estimate of drug-likeness (QED) is 0.601. The van der Waals surface area contributed by atoms with Crippen molar-refractivity contribution < 1.29 is 8.42 Å². The molecule has 1 fully saturated rings. The molecule has 1 saturated carbocycles. The van der Waals surface area contributed by atoms with Gasteiger partial charge in [-0.25, -0.2) is 8.42 Å². The zero-order valence-corrected chi connectivity index (χ0v) is 8.26. The molecule has 0 aromatic carbocycles. The topological polar surface area (TPSA) is 34.1 Å². The highest BCUT2D eigenvalue weighted by molar-refractivity contribution is 8.89. The maximum absolute atomic E-state index is 11.5. The third kappa shape index (κ3) is 1.32. The molecule has 0 aromatic rings. The lowest BCUT2D eigenvalue weighted by Gasteiger charge is -2.24. The molecule has 62 valence electrons. The van der Waals surface area contributed by atoms with Crippen LogP contribution >= 0.6 is 9.06 Å². The van der Waals surface area contributed by atoms with Gasteiger partial charge in [-0.3, -0.25) is 0 Å². The summed E-state index contributed by atoms with van der Waals surface area (Å²) in [6.07, 6.45) is 7.33. The Morgan fingerprint density at radius 1 is 1.10 bits per heavy atom. The number of hydrogen-bond acceptors (Lipinski definition) is 2. The molecule has 1 aliphatic rings. The lowest BCUT2D eigenvalue weighted by atomic mass is 11.0. The Labute approximate surface area is 63.6 Å². The SMILES string of the molecule is CS(C)(C)S(=O)(=O)C1CC1. The Morgan fingerprint density at radius 2 is 1.50 bits per heavy atom. The molecule has 0 saturated heterocycles. The second kappa shape index (κ2) is 2.14. The van der Waals surface area contributed by atoms with Gasteiger partial charge in [-0.2, -0.15) is 0 Å². The van der Waals surface area contributed by atoms with Gasteiger partial charge in [-0.15, -0.1) is 9.06 Å². The second-order valence-electron chi connectivity index (χ2n) is 3.42. The van der Waals surface area contributed by atoms with Crippen molar-refractivity contribution in [3.05, 3.63) is 0 Å². The van der Waals surface area contributed by atoms with Gasteiger partial charge in [0.05, 0.1) is 5.25 Å². The summed E-state index contributed by atoms with van der Waals surface area (Å²) in [5.41, 5.74) is 0. The van der Waals surface area contributed by atoms with Gasteiger partial charge in [0, 0.05) is 0 Å². The Kier molecular flexibility index (Phi) is 1.80. The molecule has 0 amide bonds. The molecule has 4 heteroatoms. The van der Waals surface area contributed by atoms with Crippen LogP contribution in [0.4, 0.5) is 0 Å². The Morgan fingerprint density at radius 3 is 1.60 bits per heavy atom. The van der Waals surface area contributed by atoms with Gasteiger partial charge in [0.2, 0.25) is 0 Å². The highest BCUT2D eigenvalue weighted by Crippen LogP contribution is 2.51. The van der Waals surface area contributed by atoms with E-state index in [0.717, 1.165) is 12.8 Å². The lowest BCUT2D eigenvalue weighted by Crippen LogP contribution is -2.13. The van der Waals surface area contributed by atoms with E-state index >= 15 is 0 Å². The van der Waals surface area contributed by atoms with E-state index in [-0.39, 0.29) is 5.25 Å². The van der Waals surface area contributed by atoms with E-state index < -0.39 is 17.9 Å². The monoisotopic (exact) mass is 182 g/mol. The molecule has 0 bridgehead atoms. The molecule has 1 aliphatic carbocycles. The van der Waals surface area contributed by atoms with Gasteiger partial charge in [0.1, 0.15) is 0 Å². The maximum atomic E-state index is 11.5. The van der Waals surface area contributed by atoms with E-state index in [9.17, 15) is 8.42 Å². The van der Waals surface area contributed by atoms with Crippen molar-refractivity contribution in [1.82, 2.24) is 0 Å². The van der Waals surface area contributed by atoms with Crippen molar-refractivity contribution in [1.29, 1.82) is 0 Å². The summed E-state index contributed by atoms with van der Waals surface area (Å²) in [4.78, 5) is 0. The van der Waals surface area contributed by atoms with Crippen molar-refractivity contribution in [3.8, 4) is 0 Å². The first-order valence-electron chi connectivity index (χ1n) is 3.28. The third-order valence-corrected chi connectivity index (χ3v) is 9.31. The molecule has 0 unspecified atom stereocenters. The van der Waals surface area contributed by atoms with Crippen LogP contribution in [-0.2, 0) is 8.87 Å². The summed E-state index contributed by atoms with van der Waals surface area (Å²) in [5, 5.41) is 0.0162. The van der Waals surface area contributed by atoms with Crippen molar-refractivity contribution in [2.45, 2.75) is 18.1 Å². The van der Waals surface area contributed by atoms with Gasteiger partial charge in [0.15, 0.2) is 8.87 Å². The second-order valence-corrected chi connectivity index (χ2v) is 12.9. The van der Waals surface area contributed by atoms with Gasteiger partial charge >= 0.3 is 0 Å². The van der Waals surface area contributed by atoms with Crippen LogP contribution in [0.2, 0.25) is 0 Å². The van der Waals surface area contributed by atoms with Crippen molar-refractivity contribution in [2.75, 3.05) is 18.8 Å². The summed E-state index contributed by atoms with van der Waals surface area (Å²) in [6, 6.07) is 0. The molecule has 1 rings (SSSR count). The minimum Gasteiger partial charge on any atom is -0.219 e. The zero-order chi connectivity index (χ0) is 7.99. The predicted octanol–water partition coefficient (Wildman–Crippen LogP) is 1.17.